The number of imide groups is 1. The van der Waals surface area contributed by atoms with Crippen molar-refractivity contribution in [2.75, 3.05) is 11.4 Å². The van der Waals surface area contributed by atoms with Crippen molar-refractivity contribution in [1.29, 1.82) is 0 Å². The first-order chi connectivity index (χ1) is 9.11. The van der Waals surface area contributed by atoms with Crippen LogP contribution in [0.1, 0.15) is 25.0 Å². The minimum atomic E-state index is -0.193. The van der Waals surface area contributed by atoms with Crippen LogP contribution in [0.2, 0.25) is 0 Å². The van der Waals surface area contributed by atoms with Crippen LogP contribution in [0.3, 0.4) is 0 Å². The Bertz CT molecular complexity index is 593. The maximum atomic E-state index is 12.2. The number of hydrogen-bond acceptors (Lipinski definition) is 3. The van der Waals surface area contributed by atoms with Crippen LogP contribution in [-0.4, -0.2) is 18.4 Å². The lowest BCUT2D eigenvalue weighted by Gasteiger charge is -2.24. The number of fused-ring (bicyclic) bond motifs is 1. The minimum absolute atomic E-state index is 0.193. The van der Waals surface area contributed by atoms with Gasteiger partial charge in [0.2, 0.25) is 0 Å². The van der Waals surface area contributed by atoms with Crippen LogP contribution in [0, 0.1) is 0 Å². The summed E-state index contributed by atoms with van der Waals surface area (Å²) in [5, 5.41) is 3.29. The van der Waals surface area contributed by atoms with E-state index in [1.165, 1.54) is 10.5 Å². The number of benzene rings is 1. The van der Waals surface area contributed by atoms with Crippen LogP contribution in [0.25, 0.3) is 0 Å². The third kappa shape index (κ3) is 1.71. The Labute approximate surface area is 112 Å². The van der Waals surface area contributed by atoms with Crippen molar-refractivity contribution >= 4 is 17.5 Å². The largest absolute Gasteiger partial charge is 0.312 e. The summed E-state index contributed by atoms with van der Waals surface area (Å²) in [6, 6.07) is 5.84. The van der Waals surface area contributed by atoms with Gasteiger partial charge < -0.3 is 5.32 Å². The molecule has 2 amide bonds. The number of nitrogens with one attached hydrogen (secondary N) is 1. The molecule has 1 N–H and O–H groups in total. The summed E-state index contributed by atoms with van der Waals surface area (Å²) in [6.45, 7) is 5.07. The highest BCUT2D eigenvalue weighted by atomic mass is 16.2. The summed E-state index contributed by atoms with van der Waals surface area (Å²) in [7, 11) is 0. The zero-order valence-corrected chi connectivity index (χ0v) is 11.1. The summed E-state index contributed by atoms with van der Waals surface area (Å²) >= 11 is 0. The average Bonchev–Trinajstić information content (AvgIpc) is 2.63. The highest BCUT2D eigenvalue weighted by Gasteiger charge is 2.36. The minimum Gasteiger partial charge on any atom is -0.312 e. The topological polar surface area (TPSA) is 49.4 Å². The number of rotatable bonds is 1. The van der Waals surface area contributed by atoms with Crippen LogP contribution < -0.4 is 10.2 Å². The third-order valence-corrected chi connectivity index (χ3v) is 3.97. The van der Waals surface area contributed by atoms with Crippen molar-refractivity contribution in [2.45, 2.75) is 26.8 Å². The molecule has 19 heavy (non-hydrogen) atoms. The SMILES string of the molecule is CC1=C(C)C(=O)N(c2cccc3c2CNCC3)C1=O. The van der Waals surface area contributed by atoms with Crippen molar-refractivity contribution in [3.8, 4) is 0 Å². The Morgan fingerprint density at radius 2 is 1.79 bits per heavy atom. The molecule has 4 nitrogen and oxygen atoms in total. The zero-order valence-electron chi connectivity index (χ0n) is 11.1. The molecule has 0 bridgehead atoms. The monoisotopic (exact) mass is 256 g/mol. The van der Waals surface area contributed by atoms with Gasteiger partial charge in [-0.25, -0.2) is 4.90 Å². The Balaban J connectivity index is 2.10. The first-order valence-electron chi connectivity index (χ1n) is 6.49. The van der Waals surface area contributed by atoms with Crippen molar-refractivity contribution in [3.05, 3.63) is 40.5 Å². The van der Waals surface area contributed by atoms with Gasteiger partial charge in [-0.15, -0.1) is 0 Å². The second kappa shape index (κ2) is 4.31. The molecule has 1 aromatic rings. The summed E-state index contributed by atoms with van der Waals surface area (Å²) in [6.07, 6.45) is 0.935. The molecule has 98 valence electrons. The molecule has 2 aliphatic rings. The molecule has 2 heterocycles. The Morgan fingerprint density at radius 3 is 2.47 bits per heavy atom. The molecule has 1 aromatic carbocycles. The molecule has 0 saturated heterocycles. The zero-order chi connectivity index (χ0) is 13.6. The lowest BCUT2D eigenvalue weighted by atomic mass is 9.98. The number of hydrogen-bond donors (Lipinski definition) is 1. The fourth-order valence-corrected chi connectivity index (χ4v) is 2.67. The van der Waals surface area contributed by atoms with E-state index in [-0.39, 0.29) is 11.8 Å². The number of anilines is 1. The maximum absolute atomic E-state index is 12.2. The number of carbonyl (C=O) groups excluding carboxylic acids is 2. The van der Waals surface area contributed by atoms with Gasteiger partial charge in [0, 0.05) is 17.7 Å². The molecule has 0 radical (unpaired) electrons. The highest BCUT2D eigenvalue weighted by Crippen LogP contribution is 2.32. The second-order valence-corrected chi connectivity index (χ2v) is 5.04. The van der Waals surface area contributed by atoms with Gasteiger partial charge in [0.1, 0.15) is 0 Å². The molecular formula is C15H16N2O2. The van der Waals surface area contributed by atoms with Crippen LogP contribution in [0.15, 0.2) is 29.3 Å². The smallest absolute Gasteiger partial charge is 0.261 e. The average molecular weight is 256 g/mol. The molecule has 0 atom stereocenters. The first-order valence-corrected chi connectivity index (χ1v) is 6.49. The first kappa shape index (κ1) is 12.1. The molecule has 0 saturated carbocycles. The lowest BCUT2D eigenvalue weighted by Crippen LogP contribution is -2.34. The van der Waals surface area contributed by atoms with E-state index in [0.29, 0.717) is 17.7 Å². The van der Waals surface area contributed by atoms with Gasteiger partial charge in [-0.2, -0.15) is 0 Å². The van der Waals surface area contributed by atoms with Gasteiger partial charge in [-0.1, -0.05) is 12.1 Å². The predicted octanol–water partition coefficient (Wildman–Crippen LogP) is 1.54. The van der Waals surface area contributed by atoms with E-state index < -0.39 is 0 Å². The molecule has 0 aromatic heterocycles. The van der Waals surface area contributed by atoms with Crippen LogP contribution >= 0.6 is 0 Å². The van der Waals surface area contributed by atoms with Gasteiger partial charge in [0.25, 0.3) is 11.8 Å². The maximum Gasteiger partial charge on any atom is 0.261 e. The Kier molecular flexibility index (Phi) is 2.75. The van der Waals surface area contributed by atoms with E-state index in [4.69, 9.17) is 0 Å². The summed E-state index contributed by atoms with van der Waals surface area (Å²) in [4.78, 5) is 25.8. The standard InChI is InChI=1S/C15H16N2O2/c1-9-10(2)15(19)17(14(9)18)13-5-3-4-11-6-7-16-8-12(11)13/h3-5,16H,6-8H2,1-2H3. The van der Waals surface area contributed by atoms with E-state index in [2.05, 4.69) is 11.4 Å². The van der Waals surface area contributed by atoms with E-state index >= 15 is 0 Å². The van der Waals surface area contributed by atoms with E-state index in [0.717, 1.165) is 24.2 Å². The summed E-state index contributed by atoms with van der Waals surface area (Å²) in [5.41, 5.74) is 4.12. The van der Waals surface area contributed by atoms with Gasteiger partial charge in [-0.3, -0.25) is 9.59 Å². The molecule has 0 unspecified atom stereocenters. The highest BCUT2D eigenvalue weighted by molar-refractivity contribution is 6.32. The van der Waals surface area contributed by atoms with Crippen molar-refractivity contribution < 1.29 is 9.59 Å². The summed E-state index contributed by atoms with van der Waals surface area (Å²) < 4.78 is 0. The molecule has 2 aliphatic heterocycles. The van der Waals surface area contributed by atoms with Gasteiger partial charge in [-0.05, 0) is 44.0 Å². The quantitative estimate of drug-likeness (QED) is 0.775. The molecule has 3 rings (SSSR count). The summed E-state index contributed by atoms with van der Waals surface area (Å²) in [5.74, 6) is -0.386. The van der Waals surface area contributed by atoms with Crippen molar-refractivity contribution in [2.24, 2.45) is 0 Å². The van der Waals surface area contributed by atoms with E-state index in [1.54, 1.807) is 13.8 Å². The number of nitrogens with zero attached hydrogens (tertiary/aromatic N) is 1. The molecule has 0 spiro atoms. The Hall–Kier alpha value is -1.94. The van der Waals surface area contributed by atoms with Crippen molar-refractivity contribution in [1.82, 2.24) is 5.32 Å². The predicted molar refractivity (Wildman–Crippen MR) is 72.7 cm³/mol. The normalized spacial score (nSPS) is 19.2. The molecular weight excluding hydrogens is 240 g/mol. The second-order valence-electron chi connectivity index (χ2n) is 5.04. The Morgan fingerprint density at radius 1 is 1.11 bits per heavy atom. The molecule has 0 aliphatic carbocycles. The number of amides is 2. The van der Waals surface area contributed by atoms with Crippen LogP contribution in [-0.2, 0) is 22.6 Å². The van der Waals surface area contributed by atoms with Crippen LogP contribution in [0.4, 0.5) is 5.69 Å². The fourth-order valence-electron chi connectivity index (χ4n) is 2.67. The third-order valence-electron chi connectivity index (χ3n) is 3.97. The lowest BCUT2D eigenvalue weighted by molar-refractivity contribution is -0.120. The molecule has 4 heteroatoms. The molecule has 0 fully saturated rings. The van der Waals surface area contributed by atoms with Gasteiger partial charge in [0.15, 0.2) is 0 Å². The number of carbonyl (C=O) groups is 2. The van der Waals surface area contributed by atoms with E-state index in [1.807, 2.05) is 12.1 Å². The van der Waals surface area contributed by atoms with Gasteiger partial charge in [0.05, 0.1) is 5.69 Å². The van der Waals surface area contributed by atoms with E-state index in [9.17, 15) is 9.59 Å². The van der Waals surface area contributed by atoms with Crippen molar-refractivity contribution in [3.63, 3.8) is 0 Å². The van der Waals surface area contributed by atoms with Crippen LogP contribution in [0.5, 0.6) is 0 Å². The fraction of sp³-hybridized carbons (Fsp3) is 0.333. The van der Waals surface area contributed by atoms with Gasteiger partial charge >= 0.3 is 0 Å².